The minimum Gasteiger partial charge on any atom is -0.376 e. The summed E-state index contributed by atoms with van der Waals surface area (Å²) in [5, 5.41) is 2.83. The van der Waals surface area contributed by atoms with Crippen molar-refractivity contribution >= 4 is 12.0 Å². The first kappa shape index (κ1) is 15.7. The lowest BCUT2D eigenvalue weighted by atomic mass is 9.94. The summed E-state index contributed by atoms with van der Waals surface area (Å²) in [4.78, 5) is 11.6. The van der Waals surface area contributed by atoms with Crippen LogP contribution in [0.4, 0.5) is 0 Å². The first-order valence-corrected chi connectivity index (χ1v) is 7.62. The zero-order valence-electron chi connectivity index (χ0n) is 12.3. The van der Waals surface area contributed by atoms with E-state index >= 15 is 0 Å². The van der Waals surface area contributed by atoms with Crippen molar-refractivity contribution in [2.45, 2.75) is 37.8 Å². The number of carbonyl (C=O) groups excluding carboxylic acids is 1. The van der Waals surface area contributed by atoms with Gasteiger partial charge < -0.3 is 15.8 Å². The van der Waals surface area contributed by atoms with Crippen LogP contribution in [0.2, 0.25) is 0 Å². The quantitative estimate of drug-likeness (QED) is 0.622. The SMILES string of the molecule is NC1CCC(OCCNC(=O)C=Cc2ccccc2)CC1. The summed E-state index contributed by atoms with van der Waals surface area (Å²) >= 11 is 0. The lowest BCUT2D eigenvalue weighted by molar-refractivity contribution is -0.116. The molecule has 0 unspecified atom stereocenters. The molecular formula is C17H24N2O2. The molecule has 0 aliphatic heterocycles. The molecule has 1 aromatic rings. The highest BCUT2D eigenvalue weighted by molar-refractivity contribution is 5.91. The highest BCUT2D eigenvalue weighted by atomic mass is 16.5. The Morgan fingerprint density at radius 2 is 1.95 bits per heavy atom. The van der Waals surface area contributed by atoms with E-state index in [-0.39, 0.29) is 5.91 Å². The maximum absolute atomic E-state index is 11.6. The average molecular weight is 288 g/mol. The van der Waals surface area contributed by atoms with E-state index in [1.165, 1.54) is 0 Å². The molecule has 0 spiro atoms. The molecule has 1 aliphatic carbocycles. The second kappa shape index (κ2) is 8.60. The smallest absolute Gasteiger partial charge is 0.244 e. The number of benzene rings is 1. The maximum atomic E-state index is 11.6. The van der Waals surface area contributed by atoms with Crippen molar-refractivity contribution in [2.24, 2.45) is 5.73 Å². The first-order chi connectivity index (χ1) is 10.2. The number of nitrogens with two attached hydrogens (primary N) is 1. The van der Waals surface area contributed by atoms with E-state index < -0.39 is 0 Å². The summed E-state index contributed by atoms with van der Waals surface area (Å²) in [5.41, 5.74) is 6.87. The first-order valence-electron chi connectivity index (χ1n) is 7.62. The molecule has 3 N–H and O–H groups in total. The summed E-state index contributed by atoms with van der Waals surface area (Å²) in [6.45, 7) is 1.10. The Bertz CT molecular complexity index is 451. The van der Waals surface area contributed by atoms with Crippen LogP contribution in [-0.2, 0) is 9.53 Å². The topological polar surface area (TPSA) is 64.3 Å². The van der Waals surface area contributed by atoms with Crippen LogP contribution in [0.1, 0.15) is 31.2 Å². The third-order valence-corrected chi connectivity index (χ3v) is 3.70. The van der Waals surface area contributed by atoms with Crippen molar-refractivity contribution in [3.05, 3.63) is 42.0 Å². The Balaban J connectivity index is 1.58. The zero-order chi connectivity index (χ0) is 14.9. The fraction of sp³-hybridized carbons (Fsp3) is 0.471. The predicted octanol–water partition coefficient (Wildman–Crippen LogP) is 2.10. The third kappa shape index (κ3) is 6.10. The van der Waals surface area contributed by atoms with Crippen LogP contribution in [0.3, 0.4) is 0 Å². The zero-order valence-corrected chi connectivity index (χ0v) is 12.3. The minimum atomic E-state index is -0.0897. The van der Waals surface area contributed by atoms with Gasteiger partial charge in [-0.05, 0) is 37.3 Å². The van der Waals surface area contributed by atoms with Crippen molar-refractivity contribution in [1.29, 1.82) is 0 Å². The van der Waals surface area contributed by atoms with Gasteiger partial charge in [-0.25, -0.2) is 0 Å². The van der Waals surface area contributed by atoms with Gasteiger partial charge >= 0.3 is 0 Å². The average Bonchev–Trinajstić information content (AvgIpc) is 2.52. The molecule has 0 saturated heterocycles. The molecular weight excluding hydrogens is 264 g/mol. The molecule has 1 fully saturated rings. The molecule has 0 atom stereocenters. The molecule has 0 bridgehead atoms. The Hall–Kier alpha value is -1.65. The van der Waals surface area contributed by atoms with Gasteiger partial charge in [0.1, 0.15) is 0 Å². The van der Waals surface area contributed by atoms with Gasteiger partial charge in [-0.3, -0.25) is 4.79 Å². The highest BCUT2D eigenvalue weighted by Crippen LogP contribution is 2.19. The minimum absolute atomic E-state index is 0.0897. The molecule has 2 rings (SSSR count). The van der Waals surface area contributed by atoms with Gasteiger partial charge in [-0.1, -0.05) is 30.3 Å². The van der Waals surface area contributed by atoms with E-state index in [9.17, 15) is 4.79 Å². The van der Waals surface area contributed by atoms with Crippen LogP contribution >= 0.6 is 0 Å². The van der Waals surface area contributed by atoms with Gasteiger partial charge in [-0.2, -0.15) is 0 Å². The number of hydrogen-bond donors (Lipinski definition) is 2. The molecule has 1 saturated carbocycles. The van der Waals surface area contributed by atoms with Gasteiger partial charge in [0.05, 0.1) is 12.7 Å². The molecule has 4 nitrogen and oxygen atoms in total. The van der Waals surface area contributed by atoms with Crippen molar-refractivity contribution in [2.75, 3.05) is 13.2 Å². The van der Waals surface area contributed by atoms with Crippen LogP contribution in [0, 0.1) is 0 Å². The molecule has 114 valence electrons. The summed E-state index contributed by atoms with van der Waals surface area (Å²) in [6, 6.07) is 10.1. The number of nitrogens with one attached hydrogen (secondary N) is 1. The Labute approximate surface area is 126 Å². The van der Waals surface area contributed by atoms with Gasteiger partial charge in [0, 0.05) is 18.7 Å². The largest absolute Gasteiger partial charge is 0.376 e. The Morgan fingerprint density at radius 3 is 2.67 bits per heavy atom. The van der Waals surface area contributed by atoms with Crippen LogP contribution < -0.4 is 11.1 Å². The number of hydrogen-bond acceptors (Lipinski definition) is 3. The van der Waals surface area contributed by atoms with Crippen LogP contribution in [0.5, 0.6) is 0 Å². The van der Waals surface area contributed by atoms with E-state index in [1.54, 1.807) is 12.2 Å². The number of amides is 1. The summed E-state index contributed by atoms with van der Waals surface area (Å²) in [7, 11) is 0. The lowest BCUT2D eigenvalue weighted by Crippen LogP contribution is -2.32. The highest BCUT2D eigenvalue weighted by Gasteiger charge is 2.18. The standard InChI is InChI=1S/C17H24N2O2/c18-15-7-9-16(10-8-15)21-13-12-19-17(20)11-6-14-4-2-1-3-5-14/h1-6,11,15-16H,7-10,12-13,18H2,(H,19,20). The fourth-order valence-electron chi connectivity index (χ4n) is 2.45. The fourth-order valence-corrected chi connectivity index (χ4v) is 2.45. The molecule has 21 heavy (non-hydrogen) atoms. The van der Waals surface area contributed by atoms with Crippen LogP contribution in [0.15, 0.2) is 36.4 Å². The number of rotatable bonds is 6. The summed E-state index contributed by atoms with van der Waals surface area (Å²) in [5.74, 6) is -0.0897. The van der Waals surface area contributed by atoms with E-state index in [4.69, 9.17) is 10.5 Å². The van der Waals surface area contributed by atoms with Crippen molar-refractivity contribution < 1.29 is 9.53 Å². The van der Waals surface area contributed by atoms with Gasteiger partial charge in [0.15, 0.2) is 0 Å². The lowest BCUT2D eigenvalue weighted by Gasteiger charge is -2.26. The second-order valence-electron chi connectivity index (χ2n) is 5.44. The number of ether oxygens (including phenoxy) is 1. The monoisotopic (exact) mass is 288 g/mol. The van der Waals surface area contributed by atoms with Gasteiger partial charge in [-0.15, -0.1) is 0 Å². The molecule has 0 radical (unpaired) electrons. The molecule has 0 aromatic heterocycles. The molecule has 4 heteroatoms. The molecule has 1 aromatic carbocycles. The molecule has 0 heterocycles. The predicted molar refractivity (Wildman–Crippen MR) is 84.7 cm³/mol. The van der Waals surface area contributed by atoms with E-state index in [0.29, 0.717) is 25.3 Å². The van der Waals surface area contributed by atoms with Crippen LogP contribution in [-0.4, -0.2) is 31.2 Å². The van der Waals surface area contributed by atoms with Gasteiger partial charge in [0.2, 0.25) is 5.91 Å². The van der Waals surface area contributed by atoms with Crippen molar-refractivity contribution in [1.82, 2.24) is 5.32 Å². The Kier molecular flexibility index (Phi) is 6.44. The summed E-state index contributed by atoms with van der Waals surface area (Å²) in [6.07, 6.45) is 7.80. The van der Waals surface area contributed by atoms with Crippen molar-refractivity contribution in [3.8, 4) is 0 Å². The van der Waals surface area contributed by atoms with Gasteiger partial charge in [0.25, 0.3) is 0 Å². The molecule has 1 amide bonds. The maximum Gasteiger partial charge on any atom is 0.244 e. The summed E-state index contributed by atoms with van der Waals surface area (Å²) < 4.78 is 5.75. The van der Waals surface area contributed by atoms with E-state index in [1.807, 2.05) is 30.3 Å². The Morgan fingerprint density at radius 1 is 1.24 bits per heavy atom. The normalized spacial score (nSPS) is 22.3. The second-order valence-corrected chi connectivity index (χ2v) is 5.44. The number of carbonyl (C=O) groups is 1. The van der Waals surface area contributed by atoms with Crippen LogP contribution in [0.25, 0.3) is 6.08 Å². The van der Waals surface area contributed by atoms with E-state index in [2.05, 4.69) is 5.32 Å². The van der Waals surface area contributed by atoms with E-state index in [0.717, 1.165) is 31.2 Å². The molecule has 1 aliphatic rings. The van der Waals surface area contributed by atoms with Crippen molar-refractivity contribution in [3.63, 3.8) is 0 Å². The third-order valence-electron chi connectivity index (χ3n) is 3.70.